The Bertz CT molecular complexity index is 1180. The number of methoxy groups -OCH3 is 2. The van der Waals surface area contributed by atoms with Crippen molar-refractivity contribution in [2.45, 2.75) is 64.7 Å². The molecule has 0 aliphatic rings. The van der Waals surface area contributed by atoms with E-state index in [-0.39, 0.29) is 0 Å². The fourth-order valence-corrected chi connectivity index (χ4v) is 10.3. The first-order valence-corrected chi connectivity index (χ1v) is 16.9. The van der Waals surface area contributed by atoms with Gasteiger partial charge in [0.25, 0.3) is 0 Å². The van der Waals surface area contributed by atoms with Gasteiger partial charge in [-0.3, -0.25) is 0 Å². The average Bonchev–Trinajstić information content (AvgIpc) is 3.02. The van der Waals surface area contributed by atoms with E-state index in [2.05, 4.69) is 110 Å². The van der Waals surface area contributed by atoms with Crippen LogP contribution in [0.2, 0.25) is 0 Å². The Kier molecular flexibility index (Phi) is 11.7. The Morgan fingerprint density at radius 2 is 0.900 bits per heavy atom. The standard InChI is InChI=1S/C37H46O2P/c1-31-29-36(38-2)37(39-3)30-32(31)21-13-8-6-4-5-7-9-20-28-40(33-22-14-10-15-23-33,34-24-16-11-17-25-34)35-26-18-12-19-27-35/h10-12,14-19,22-27,29-30H,4-9,13,20-21,28H2,1-3H3/q+1. The molecule has 0 saturated carbocycles. The summed E-state index contributed by atoms with van der Waals surface area (Å²) in [5.74, 6) is 1.65. The summed E-state index contributed by atoms with van der Waals surface area (Å²) in [4.78, 5) is 0. The van der Waals surface area contributed by atoms with E-state index in [9.17, 15) is 0 Å². The van der Waals surface area contributed by atoms with Gasteiger partial charge in [-0.15, -0.1) is 0 Å². The third-order valence-corrected chi connectivity index (χ3v) is 12.6. The lowest BCUT2D eigenvalue weighted by Crippen LogP contribution is -2.33. The highest BCUT2D eigenvalue weighted by atomic mass is 31.2. The molecule has 0 amide bonds. The van der Waals surface area contributed by atoms with Crippen molar-refractivity contribution < 1.29 is 9.47 Å². The van der Waals surface area contributed by atoms with Crippen molar-refractivity contribution in [3.8, 4) is 11.5 Å². The van der Waals surface area contributed by atoms with Crippen LogP contribution in [0, 0.1) is 6.92 Å². The van der Waals surface area contributed by atoms with Crippen LogP contribution in [0.1, 0.15) is 62.5 Å². The number of hydrogen-bond acceptors (Lipinski definition) is 2. The quantitative estimate of drug-likeness (QED) is 0.102. The minimum absolute atomic E-state index is 0.819. The molecule has 0 spiro atoms. The van der Waals surface area contributed by atoms with Gasteiger partial charge >= 0.3 is 0 Å². The third-order valence-electron chi connectivity index (χ3n) is 8.12. The Hall–Kier alpha value is -3.09. The molecule has 0 heterocycles. The fraction of sp³-hybridized carbons (Fsp3) is 0.351. The normalized spacial score (nSPS) is 11.4. The zero-order valence-electron chi connectivity index (χ0n) is 24.6. The van der Waals surface area contributed by atoms with Crippen LogP contribution in [0.15, 0.2) is 103 Å². The summed E-state index contributed by atoms with van der Waals surface area (Å²) in [6.45, 7) is 2.17. The molecule has 0 saturated heterocycles. The lowest BCUT2D eigenvalue weighted by Gasteiger charge is -2.27. The molecule has 0 aliphatic carbocycles. The van der Waals surface area contributed by atoms with E-state index >= 15 is 0 Å². The number of benzene rings is 4. The Morgan fingerprint density at radius 3 is 1.35 bits per heavy atom. The summed E-state index contributed by atoms with van der Waals surface area (Å²) in [5.41, 5.74) is 2.66. The van der Waals surface area contributed by atoms with Gasteiger partial charge in [-0.2, -0.15) is 0 Å². The molecular weight excluding hydrogens is 507 g/mol. The molecule has 4 aromatic rings. The topological polar surface area (TPSA) is 18.5 Å². The summed E-state index contributed by atoms with van der Waals surface area (Å²) >= 11 is 0. The average molecular weight is 554 g/mol. The van der Waals surface area contributed by atoms with Crippen LogP contribution >= 0.6 is 7.26 Å². The van der Waals surface area contributed by atoms with Gasteiger partial charge in [0.05, 0.1) is 20.4 Å². The molecule has 0 atom stereocenters. The van der Waals surface area contributed by atoms with Crippen LogP contribution in [0.5, 0.6) is 11.5 Å². The summed E-state index contributed by atoms with van der Waals surface area (Å²) < 4.78 is 10.9. The monoisotopic (exact) mass is 553 g/mol. The van der Waals surface area contributed by atoms with E-state index in [1.54, 1.807) is 14.2 Å². The first-order chi connectivity index (χ1) is 19.7. The van der Waals surface area contributed by atoms with Gasteiger partial charge in [0.15, 0.2) is 11.5 Å². The molecule has 0 N–H and O–H groups in total. The van der Waals surface area contributed by atoms with Crippen molar-refractivity contribution in [1.82, 2.24) is 0 Å². The predicted octanol–water partition coefficient (Wildman–Crippen LogP) is 8.67. The zero-order chi connectivity index (χ0) is 28.0. The van der Waals surface area contributed by atoms with E-state index in [4.69, 9.17) is 9.47 Å². The fourth-order valence-electron chi connectivity index (χ4n) is 5.90. The molecule has 0 aromatic heterocycles. The SMILES string of the molecule is COc1cc(C)c(CCCCCCCCCC[P+](c2ccccc2)(c2ccccc2)c2ccccc2)cc1OC. The van der Waals surface area contributed by atoms with Crippen LogP contribution in [-0.4, -0.2) is 20.4 Å². The van der Waals surface area contributed by atoms with Crippen LogP contribution in [0.4, 0.5) is 0 Å². The molecule has 0 fully saturated rings. The smallest absolute Gasteiger partial charge is 0.161 e. The maximum absolute atomic E-state index is 5.50. The Labute approximate surface area is 243 Å². The van der Waals surface area contributed by atoms with Gasteiger partial charge in [-0.25, -0.2) is 0 Å². The number of rotatable bonds is 16. The molecule has 0 unspecified atom stereocenters. The summed E-state index contributed by atoms with van der Waals surface area (Å²) in [7, 11) is 1.73. The zero-order valence-corrected chi connectivity index (χ0v) is 25.5. The molecule has 2 nitrogen and oxygen atoms in total. The Morgan fingerprint density at radius 1 is 0.500 bits per heavy atom. The molecule has 0 radical (unpaired) electrons. The van der Waals surface area contributed by atoms with Crippen molar-refractivity contribution in [2.24, 2.45) is 0 Å². The molecule has 210 valence electrons. The highest BCUT2D eigenvalue weighted by Crippen LogP contribution is 2.56. The van der Waals surface area contributed by atoms with Crippen LogP contribution < -0.4 is 25.4 Å². The number of hydrogen-bond donors (Lipinski definition) is 0. The molecule has 4 aromatic carbocycles. The summed E-state index contributed by atoms with van der Waals surface area (Å²) in [5, 5.41) is 4.49. The summed E-state index contributed by atoms with van der Waals surface area (Å²) in [6, 6.07) is 38.1. The maximum Gasteiger partial charge on any atom is 0.161 e. The Balaban J connectivity index is 1.27. The van der Waals surface area contributed by atoms with Gasteiger partial charge < -0.3 is 9.47 Å². The number of aryl methyl sites for hydroxylation is 2. The van der Waals surface area contributed by atoms with E-state index in [1.807, 2.05) is 0 Å². The van der Waals surface area contributed by atoms with Crippen molar-refractivity contribution in [1.29, 1.82) is 0 Å². The third kappa shape index (κ3) is 7.55. The molecule has 0 aliphatic heterocycles. The highest BCUT2D eigenvalue weighted by molar-refractivity contribution is 7.95. The van der Waals surface area contributed by atoms with Gasteiger partial charge in [0.1, 0.15) is 23.2 Å². The second-order valence-electron chi connectivity index (χ2n) is 10.8. The molecule has 3 heteroatoms. The minimum Gasteiger partial charge on any atom is -0.493 e. The summed E-state index contributed by atoms with van der Waals surface area (Å²) in [6.07, 6.45) is 12.8. The van der Waals surface area contributed by atoms with Crippen molar-refractivity contribution >= 4 is 23.2 Å². The van der Waals surface area contributed by atoms with E-state index in [0.717, 1.165) is 17.9 Å². The van der Waals surface area contributed by atoms with Gasteiger partial charge in [0, 0.05) is 0 Å². The lowest BCUT2D eigenvalue weighted by atomic mass is 10.00. The second kappa shape index (κ2) is 15.6. The lowest BCUT2D eigenvalue weighted by molar-refractivity contribution is 0.354. The first-order valence-electron chi connectivity index (χ1n) is 15.0. The molecule has 0 bridgehead atoms. The second-order valence-corrected chi connectivity index (χ2v) is 14.4. The van der Waals surface area contributed by atoms with E-state index in [1.165, 1.54) is 84.6 Å². The predicted molar refractivity (Wildman–Crippen MR) is 175 cm³/mol. The number of ether oxygens (including phenoxy) is 2. The van der Waals surface area contributed by atoms with Crippen LogP contribution in [0.3, 0.4) is 0 Å². The van der Waals surface area contributed by atoms with E-state index in [0.29, 0.717) is 0 Å². The highest BCUT2D eigenvalue weighted by Gasteiger charge is 2.44. The molecular formula is C37H46O2P+. The first kappa shape index (κ1) is 29.9. The number of unbranched alkanes of at least 4 members (excludes halogenated alkanes) is 7. The van der Waals surface area contributed by atoms with Crippen molar-refractivity contribution in [3.05, 3.63) is 114 Å². The molecule has 4 rings (SSSR count). The van der Waals surface area contributed by atoms with Crippen LogP contribution in [0.25, 0.3) is 0 Å². The van der Waals surface area contributed by atoms with Gasteiger partial charge in [0.2, 0.25) is 0 Å². The van der Waals surface area contributed by atoms with E-state index < -0.39 is 7.26 Å². The van der Waals surface area contributed by atoms with Gasteiger partial charge in [-0.1, -0.05) is 86.7 Å². The minimum atomic E-state index is -1.69. The largest absolute Gasteiger partial charge is 0.493 e. The molecule has 40 heavy (non-hydrogen) atoms. The van der Waals surface area contributed by atoms with Crippen LogP contribution in [-0.2, 0) is 6.42 Å². The van der Waals surface area contributed by atoms with Gasteiger partial charge in [-0.05, 0) is 92.3 Å². The van der Waals surface area contributed by atoms with Crippen molar-refractivity contribution in [2.75, 3.05) is 20.4 Å². The van der Waals surface area contributed by atoms with Crippen molar-refractivity contribution in [3.63, 3.8) is 0 Å². The maximum atomic E-state index is 5.50.